The fourth-order valence-corrected chi connectivity index (χ4v) is 2.54. The predicted octanol–water partition coefficient (Wildman–Crippen LogP) is 3.12. The summed E-state index contributed by atoms with van der Waals surface area (Å²) in [5.41, 5.74) is 1.21. The zero-order valence-electron chi connectivity index (χ0n) is 10.7. The van der Waals surface area contributed by atoms with E-state index in [9.17, 15) is 0 Å². The first-order valence-electron chi connectivity index (χ1n) is 6.44. The Hall–Kier alpha value is -0.580. The molecule has 1 N–H and O–H groups in total. The molecular weight excluding hydrogens is 294 g/mol. The largest absolute Gasteiger partial charge is 0.497 e. The first kappa shape index (κ1) is 13.8. The van der Waals surface area contributed by atoms with Crippen molar-refractivity contribution in [2.45, 2.75) is 31.9 Å². The number of nitrogens with one attached hydrogen (secondary N) is 1. The second-order valence-corrected chi connectivity index (χ2v) is 5.43. The standard InChI is InChI=1S/C14H20BrNO2/c1-17-12-5-6-14(15)11(8-12)9-16-10-13-4-2-3-7-18-13/h5-6,8,13,16H,2-4,7,9-10H2,1H3. The maximum atomic E-state index is 5.69. The Morgan fingerprint density at radius 3 is 3.06 bits per heavy atom. The summed E-state index contributed by atoms with van der Waals surface area (Å²) in [6, 6.07) is 6.03. The number of hydrogen-bond donors (Lipinski definition) is 1. The SMILES string of the molecule is COc1ccc(Br)c(CNCC2CCCCO2)c1. The molecule has 1 fully saturated rings. The minimum Gasteiger partial charge on any atom is -0.497 e. The lowest BCUT2D eigenvalue weighted by atomic mass is 10.1. The number of halogens is 1. The van der Waals surface area contributed by atoms with Crippen LogP contribution in [-0.2, 0) is 11.3 Å². The molecule has 0 radical (unpaired) electrons. The van der Waals surface area contributed by atoms with Gasteiger partial charge in [0, 0.05) is 24.2 Å². The molecule has 1 atom stereocenters. The van der Waals surface area contributed by atoms with Gasteiger partial charge < -0.3 is 14.8 Å². The Bertz CT molecular complexity index is 378. The second-order valence-electron chi connectivity index (χ2n) is 4.58. The molecule has 1 aliphatic rings. The fraction of sp³-hybridized carbons (Fsp3) is 0.571. The predicted molar refractivity (Wildman–Crippen MR) is 76.0 cm³/mol. The summed E-state index contributed by atoms with van der Waals surface area (Å²) in [6.07, 6.45) is 4.04. The van der Waals surface area contributed by atoms with Crippen LogP contribution in [0.15, 0.2) is 22.7 Å². The molecule has 1 unspecified atom stereocenters. The van der Waals surface area contributed by atoms with Gasteiger partial charge in [-0.05, 0) is 43.0 Å². The summed E-state index contributed by atoms with van der Waals surface area (Å²) in [7, 11) is 1.69. The summed E-state index contributed by atoms with van der Waals surface area (Å²) >= 11 is 3.56. The summed E-state index contributed by atoms with van der Waals surface area (Å²) in [5.74, 6) is 0.893. The zero-order chi connectivity index (χ0) is 12.8. The van der Waals surface area contributed by atoms with Gasteiger partial charge in [0.1, 0.15) is 5.75 Å². The highest BCUT2D eigenvalue weighted by Gasteiger charge is 2.13. The van der Waals surface area contributed by atoms with Gasteiger partial charge in [0.05, 0.1) is 13.2 Å². The zero-order valence-corrected chi connectivity index (χ0v) is 12.3. The first-order valence-corrected chi connectivity index (χ1v) is 7.23. The fourth-order valence-electron chi connectivity index (χ4n) is 2.15. The van der Waals surface area contributed by atoms with E-state index in [2.05, 4.69) is 27.3 Å². The molecule has 1 aliphatic heterocycles. The molecule has 0 saturated carbocycles. The van der Waals surface area contributed by atoms with Crippen LogP contribution in [-0.4, -0.2) is 26.4 Å². The monoisotopic (exact) mass is 313 g/mol. The van der Waals surface area contributed by atoms with Gasteiger partial charge in [-0.3, -0.25) is 0 Å². The summed E-state index contributed by atoms with van der Waals surface area (Å²) < 4.78 is 12.0. The second kappa shape index (κ2) is 7.12. The summed E-state index contributed by atoms with van der Waals surface area (Å²) in [5, 5.41) is 3.45. The molecular formula is C14H20BrNO2. The third-order valence-corrected chi connectivity index (χ3v) is 3.99. The molecule has 4 heteroatoms. The molecule has 0 aromatic heterocycles. The molecule has 0 spiro atoms. The van der Waals surface area contributed by atoms with Crippen molar-refractivity contribution in [1.29, 1.82) is 0 Å². The van der Waals surface area contributed by atoms with Crippen molar-refractivity contribution in [3.63, 3.8) is 0 Å². The van der Waals surface area contributed by atoms with Crippen LogP contribution < -0.4 is 10.1 Å². The molecule has 2 rings (SSSR count). The van der Waals surface area contributed by atoms with Gasteiger partial charge in [-0.1, -0.05) is 15.9 Å². The topological polar surface area (TPSA) is 30.5 Å². The van der Waals surface area contributed by atoms with Crippen LogP contribution >= 0.6 is 15.9 Å². The van der Waals surface area contributed by atoms with Crippen LogP contribution in [0.3, 0.4) is 0 Å². The lowest BCUT2D eigenvalue weighted by Crippen LogP contribution is -2.31. The van der Waals surface area contributed by atoms with E-state index >= 15 is 0 Å². The van der Waals surface area contributed by atoms with Crippen molar-refractivity contribution >= 4 is 15.9 Å². The summed E-state index contributed by atoms with van der Waals surface area (Å²) in [6.45, 7) is 2.66. The molecule has 0 bridgehead atoms. The molecule has 1 heterocycles. The Balaban J connectivity index is 1.81. The van der Waals surface area contributed by atoms with E-state index in [0.717, 1.165) is 29.9 Å². The number of hydrogen-bond acceptors (Lipinski definition) is 3. The van der Waals surface area contributed by atoms with E-state index in [1.165, 1.54) is 24.8 Å². The Morgan fingerprint density at radius 2 is 2.33 bits per heavy atom. The van der Waals surface area contributed by atoms with E-state index in [1.54, 1.807) is 7.11 Å². The smallest absolute Gasteiger partial charge is 0.119 e. The highest BCUT2D eigenvalue weighted by molar-refractivity contribution is 9.10. The van der Waals surface area contributed by atoms with Crippen LogP contribution in [0.4, 0.5) is 0 Å². The average molecular weight is 314 g/mol. The van der Waals surface area contributed by atoms with Gasteiger partial charge in [0.15, 0.2) is 0 Å². The van der Waals surface area contributed by atoms with Gasteiger partial charge in [0.25, 0.3) is 0 Å². The Labute approximate surface area is 117 Å². The van der Waals surface area contributed by atoms with E-state index in [-0.39, 0.29) is 0 Å². The maximum absolute atomic E-state index is 5.69. The molecule has 0 amide bonds. The van der Waals surface area contributed by atoms with Gasteiger partial charge in [-0.15, -0.1) is 0 Å². The minimum absolute atomic E-state index is 0.378. The van der Waals surface area contributed by atoms with Crippen LogP contribution in [0, 0.1) is 0 Å². The Kier molecular flexibility index (Phi) is 5.47. The lowest BCUT2D eigenvalue weighted by Gasteiger charge is -2.23. The van der Waals surface area contributed by atoms with Crippen molar-refractivity contribution in [3.8, 4) is 5.75 Å². The Morgan fingerprint density at radius 1 is 1.44 bits per heavy atom. The van der Waals surface area contributed by atoms with E-state index in [1.807, 2.05) is 12.1 Å². The van der Waals surface area contributed by atoms with Crippen molar-refractivity contribution in [2.24, 2.45) is 0 Å². The molecule has 1 saturated heterocycles. The lowest BCUT2D eigenvalue weighted by molar-refractivity contribution is 0.0168. The molecule has 100 valence electrons. The van der Waals surface area contributed by atoms with E-state index < -0.39 is 0 Å². The highest BCUT2D eigenvalue weighted by atomic mass is 79.9. The number of methoxy groups -OCH3 is 1. The van der Waals surface area contributed by atoms with E-state index in [0.29, 0.717) is 6.10 Å². The van der Waals surface area contributed by atoms with Crippen molar-refractivity contribution in [2.75, 3.05) is 20.3 Å². The van der Waals surface area contributed by atoms with Crippen LogP contribution in [0.1, 0.15) is 24.8 Å². The first-order chi connectivity index (χ1) is 8.79. The quantitative estimate of drug-likeness (QED) is 0.906. The van der Waals surface area contributed by atoms with Crippen molar-refractivity contribution in [3.05, 3.63) is 28.2 Å². The molecule has 18 heavy (non-hydrogen) atoms. The molecule has 1 aromatic carbocycles. The maximum Gasteiger partial charge on any atom is 0.119 e. The third kappa shape index (κ3) is 3.97. The van der Waals surface area contributed by atoms with Gasteiger partial charge in [-0.25, -0.2) is 0 Å². The summed E-state index contributed by atoms with van der Waals surface area (Å²) in [4.78, 5) is 0. The van der Waals surface area contributed by atoms with E-state index in [4.69, 9.17) is 9.47 Å². The van der Waals surface area contributed by atoms with Crippen LogP contribution in [0.25, 0.3) is 0 Å². The van der Waals surface area contributed by atoms with Crippen LogP contribution in [0.5, 0.6) is 5.75 Å². The number of benzene rings is 1. The molecule has 0 aliphatic carbocycles. The minimum atomic E-state index is 0.378. The average Bonchev–Trinajstić information content (AvgIpc) is 2.42. The molecule has 1 aromatic rings. The normalized spacial score (nSPS) is 19.8. The molecule has 3 nitrogen and oxygen atoms in total. The van der Waals surface area contributed by atoms with Gasteiger partial charge in [0.2, 0.25) is 0 Å². The highest BCUT2D eigenvalue weighted by Crippen LogP contribution is 2.22. The van der Waals surface area contributed by atoms with Crippen molar-refractivity contribution in [1.82, 2.24) is 5.32 Å². The number of rotatable bonds is 5. The van der Waals surface area contributed by atoms with Gasteiger partial charge in [-0.2, -0.15) is 0 Å². The van der Waals surface area contributed by atoms with Gasteiger partial charge >= 0.3 is 0 Å². The van der Waals surface area contributed by atoms with Crippen LogP contribution in [0.2, 0.25) is 0 Å². The van der Waals surface area contributed by atoms with Crippen molar-refractivity contribution < 1.29 is 9.47 Å². The third-order valence-electron chi connectivity index (χ3n) is 3.21. The number of ether oxygens (including phenoxy) is 2.